The fourth-order valence-corrected chi connectivity index (χ4v) is 2.81. The van der Waals surface area contributed by atoms with Crippen LogP contribution in [0.5, 0.6) is 5.75 Å². The first-order chi connectivity index (χ1) is 14.9. The molecule has 0 bridgehead atoms. The number of hydrogen-bond acceptors (Lipinski definition) is 4. The molecule has 2 aromatic rings. The molecular formula is C24H29N3O4. The van der Waals surface area contributed by atoms with E-state index in [0.29, 0.717) is 36.0 Å². The summed E-state index contributed by atoms with van der Waals surface area (Å²) in [5.41, 5.74) is 2.26. The zero-order chi connectivity index (χ0) is 22.2. The first kappa shape index (κ1) is 22.3. The van der Waals surface area contributed by atoms with Crippen LogP contribution in [0.25, 0.3) is 0 Å². The van der Waals surface area contributed by atoms with E-state index < -0.39 is 0 Å². The molecule has 3 amide bonds. The Morgan fingerprint density at radius 1 is 1.00 bits per heavy atom. The highest BCUT2D eigenvalue weighted by atomic mass is 16.5. The van der Waals surface area contributed by atoms with E-state index in [1.807, 2.05) is 38.1 Å². The molecule has 1 aliphatic rings. The quantitative estimate of drug-likeness (QED) is 0.547. The smallest absolute Gasteiger partial charge is 0.258 e. The molecule has 0 atom stereocenters. The summed E-state index contributed by atoms with van der Waals surface area (Å²) in [7, 11) is 0. The van der Waals surface area contributed by atoms with Gasteiger partial charge in [0.1, 0.15) is 5.75 Å². The average molecular weight is 424 g/mol. The van der Waals surface area contributed by atoms with Gasteiger partial charge in [0.2, 0.25) is 5.91 Å². The molecule has 0 spiro atoms. The molecule has 2 aromatic carbocycles. The predicted octanol–water partition coefficient (Wildman–Crippen LogP) is 2.91. The van der Waals surface area contributed by atoms with E-state index in [1.165, 1.54) is 0 Å². The maximum atomic E-state index is 12.3. The zero-order valence-electron chi connectivity index (χ0n) is 17.9. The Balaban J connectivity index is 1.38. The molecule has 0 saturated heterocycles. The van der Waals surface area contributed by atoms with E-state index in [0.717, 1.165) is 18.4 Å². The molecule has 1 aliphatic carbocycles. The predicted molar refractivity (Wildman–Crippen MR) is 119 cm³/mol. The minimum absolute atomic E-state index is 0.0197. The van der Waals surface area contributed by atoms with Crippen LogP contribution in [0.3, 0.4) is 0 Å². The molecule has 0 aliphatic heterocycles. The Kier molecular flexibility index (Phi) is 7.65. The molecule has 31 heavy (non-hydrogen) atoms. The Morgan fingerprint density at radius 3 is 2.29 bits per heavy atom. The number of amides is 3. The van der Waals surface area contributed by atoms with E-state index in [9.17, 15) is 14.4 Å². The molecule has 164 valence electrons. The lowest BCUT2D eigenvalue weighted by atomic mass is 10.1. The van der Waals surface area contributed by atoms with Crippen LogP contribution in [0.4, 0.5) is 5.69 Å². The summed E-state index contributed by atoms with van der Waals surface area (Å²) in [6, 6.07) is 14.7. The highest BCUT2D eigenvalue weighted by molar-refractivity contribution is 5.96. The van der Waals surface area contributed by atoms with Gasteiger partial charge in [0.25, 0.3) is 11.8 Å². The van der Waals surface area contributed by atoms with Crippen molar-refractivity contribution < 1.29 is 19.1 Å². The average Bonchev–Trinajstić information content (AvgIpc) is 3.57. The second kappa shape index (κ2) is 10.6. The second-order valence-corrected chi connectivity index (χ2v) is 8.00. The lowest BCUT2D eigenvalue weighted by Crippen LogP contribution is -2.30. The van der Waals surface area contributed by atoms with Gasteiger partial charge in [0, 0.05) is 29.8 Å². The summed E-state index contributed by atoms with van der Waals surface area (Å²) in [5.74, 6) is 0.224. The maximum Gasteiger partial charge on any atom is 0.258 e. The SMILES string of the molecule is CC(C)C(=O)Nc1ccc(C(=O)NCCc2ccc(OCC(=O)NC3CC3)cc2)cc1. The van der Waals surface area contributed by atoms with E-state index >= 15 is 0 Å². The zero-order valence-corrected chi connectivity index (χ0v) is 17.9. The van der Waals surface area contributed by atoms with Gasteiger partial charge in [-0.05, 0) is 61.2 Å². The van der Waals surface area contributed by atoms with E-state index in [4.69, 9.17) is 4.74 Å². The summed E-state index contributed by atoms with van der Waals surface area (Å²) < 4.78 is 5.49. The highest BCUT2D eigenvalue weighted by Gasteiger charge is 2.23. The van der Waals surface area contributed by atoms with Crippen molar-refractivity contribution in [3.63, 3.8) is 0 Å². The number of anilines is 1. The van der Waals surface area contributed by atoms with Crippen LogP contribution >= 0.6 is 0 Å². The van der Waals surface area contributed by atoms with Crippen molar-refractivity contribution in [1.29, 1.82) is 0 Å². The molecule has 0 heterocycles. The van der Waals surface area contributed by atoms with E-state index in [2.05, 4.69) is 16.0 Å². The van der Waals surface area contributed by atoms with E-state index in [-0.39, 0.29) is 30.2 Å². The van der Waals surface area contributed by atoms with Crippen molar-refractivity contribution in [1.82, 2.24) is 10.6 Å². The van der Waals surface area contributed by atoms with Gasteiger partial charge < -0.3 is 20.7 Å². The monoisotopic (exact) mass is 423 g/mol. The fourth-order valence-electron chi connectivity index (χ4n) is 2.81. The molecule has 3 N–H and O–H groups in total. The summed E-state index contributed by atoms with van der Waals surface area (Å²) in [5, 5.41) is 8.57. The first-order valence-corrected chi connectivity index (χ1v) is 10.6. The highest BCUT2D eigenvalue weighted by Crippen LogP contribution is 2.18. The van der Waals surface area contributed by atoms with Gasteiger partial charge in [-0.15, -0.1) is 0 Å². The third-order valence-electron chi connectivity index (χ3n) is 4.87. The summed E-state index contributed by atoms with van der Waals surface area (Å²) in [6.45, 7) is 4.17. The van der Waals surface area contributed by atoms with Crippen LogP contribution in [0, 0.1) is 5.92 Å². The van der Waals surface area contributed by atoms with Gasteiger partial charge in [0.15, 0.2) is 6.61 Å². The number of rotatable bonds is 10. The molecule has 1 fully saturated rings. The van der Waals surface area contributed by atoms with Gasteiger partial charge in [-0.1, -0.05) is 26.0 Å². The number of carbonyl (C=O) groups excluding carboxylic acids is 3. The van der Waals surface area contributed by atoms with E-state index in [1.54, 1.807) is 24.3 Å². The molecule has 7 nitrogen and oxygen atoms in total. The number of ether oxygens (including phenoxy) is 1. The van der Waals surface area contributed by atoms with Crippen molar-refractivity contribution >= 4 is 23.4 Å². The van der Waals surface area contributed by atoms with Gasteiger partial charge in [0.05, 0.1) is 0 Å². The van der Waals surface area contributed by atoms with Crippen molar-refractivity contribution in [2.24, 2.45) is 5.92 Å². The summed E-state index contributed by atoms with van der Waals surface area (Å²) in [4.78, 5) is 35.7. The molecule has 0 aromatic heterocycles. The fraction of sp³-hybridized carbons (Fsp3) is 0.375. The Morgan fingerprint density at radius 2 is 1.68 bits per heavy atom. The lowest BCUT2D eigenvalue weighted by Gasteiger charge is -2.10. The number of carbonyl (C=O) groups is 3. The standard InChI is InChI=1S/C24H29N3O4/c1-16(2)23(29)27-20-7-5-18(6-8-20)24(30)25-14-13-17-3-11-21(12-4-17)31-15-22(28)26-19-9-10-19/h3-8,11-12,16,19H,9-10,13-15H2,1-2H3,(H,25,30)(H,26,28)(H,27,29). The van der Waals surface area contributed by atoms with Crippen LogP contribution in [0.2, 0.25) is 0 Å². The molecule has 3 rings (SSSR count). The largest absolute Gasteiger partial charge is 0.484 e. The number of hydrogen-bond donors (Lipinski definition) is 3. The number of benzene rings is 2. The molecule has 7 heteroatoms. The van der Waals surface area contributed by atoms with Crippen LogP contribution in [-0.2, 0) is 16.0 Å². The molecule has 0 radical (unpaired) electrons. The van der Waals surface area contributed by atoms with Gasteiger partial charge in [-0.3, -0.25) is 14.4 Å². The summed E-state index contributed by atoms with van der Waals surface area (Å²) >= 11 is 0. The van der Waals surface area contributed by atoms with Gasteiger partial charge in [-0.25, -0.2) is 0 Å². The molecule has 0 unspecified atom stereocenters. The minimum atomic E-state index is -0.164. The van der Waals surface area contributed by atoms with Crippen LogP contribution < -0.4 is 20.7 Å². The van der Waals surface area contributed by atoms with Crippen LogP contribution in [-0.4, -0.2) is 36.9 Å². The van der Waals surface area contributed by atoms with Crippen molar-refractivity contribution in [2.75, 3.05) is 18.5 Å². The first-order valence-electron chi connectivity index (χ1n) is 10.6. The van der Waals surface area contributed by atoms with Gasteiger partial charge in [-0.2, -0.15) is 0 Å². The molecule has 1 saturated carbocycles. The Hall–Kier alpha value is -3.35. The Bertz CT molecular complexity index is 903. The minimum Gasteiger partial charge on any atom is -0.484 e. The van der Waals surface area contributed by atoms with Crippen molar-refractivity contribution in [3.05, 3.63) is 59.7 Å². The third-order valence-corrected chi connectivity index (χ3v) is 4.87. The molecular weight excluding hydrogens is 394 g/mol. The van der Waals surface area contributed by atoms with Gasteiger partial charge >= 0.3 is 0 Å². The second-order valence-electron chi connectivity index (χ2n) is 8.00. The third kappa shape index (κ3) is 7.44. The normalized spacial score (nSPS) is 12.9. The van der Waals surface area contributed by atoms with Crippen molar-refractivity contribution in [2.45, 2.75) is 39.2 Å². The Labute approximate surface area is 182 Å². The number of nitrogens with one attached hydrogen (secondary N) is 3. The van der Waals surface area contributed by atoms with Crippen molar-refractivity contribution in [3.8, 4) is 5.75 Å². The maximum absolute atomic E-state index is 12.3. The van der Waals surface area contributed by atoms with Crippen LogP contribution in [0.1, 0.15) is 42.6 Å². The topological polar surface area (TPSA) is 96.5 Å². The van der Waals surface area contributed by atoms with Crippen LogP contribution in [0.15, 0.2) is 48.5 Å². The summed E-state index contributed by atoms with van der Waals surface area (Å²) in [6.07, 6.45) is 2.79. The lowest BCUT2D eigenvalue weighted by molar-refractivity contribution is -0.123.